The van der Waals surface area contributed by atoms with Gasteiger partial charge in [-0.15, -0.1) is 0 Å². The predicted octanol–water partition coefficient (Wildman–Crippen LogP) is 3.28. The minimum Gasteiger partial charge on any atom is -0.340 e. The van der Waals surface area contributed by atoms with Gasteiger partial charge in [-0.3, -0.25) is 4.79 Å². The highest BCUT2D eigenvalue weighted by Crippen LogP contribution is 2.26. The third-order valence-electron chi connectivity index (χ3n) is 5.46. The monoisotopic (exact) mass is 446 g/mol. The molecule has 0 bridgehead atoms. The average molecular weight is 447 g/mol. The lowest BCUT2D eigenvalue weighted by Crippen LogP contribution is -2.43. The fourth-order valence-electron chi connectivity index (χ4n) is 3.79. The second-order valence-corrected chi connectivity index (χ2v) is 9.90. The van der Waals surface area contributed by atoms with Gasteiger partial charge in [0, 0.05) is 31.1 Å². The number of benzene rings is 2. The molecule has 0 aliphatic carbocycles. The van der Waals surface area contributed by atoms with Crippen molar-refractivity contribution in [3.8, 4) is 0 Å². The summed E-state index contributed by atoms with van der Waals surface area (Å²) in [5, 5.41) is 0.491. The second-order valence-electron chi connectivity index (χ2n) is 7.53. The summed E-state index contributed by atoms with van der Waals surface area (Å²) in [6.07, 6.45) is 0.992. The molecule has 2 heterocycles. The van der Waals surface area contributed by atoms with Crippen LogP contribution in [0.25, 0.3) is 11.0 Å². The Bertz CT molecular complexity index is 1120. The van der Waals surface area contributed by atoms with E-state index in [1.165, 1.54) is 16.4 Å². The zero-order chi connectivity index (χ0) is 21.3. The first kappa shape index (κ1) is 20.8. The van der Waals surface area contributed by atoms with E-state index in [1.54, 1.807) is 24.1 Å². The van der Waals surface area contributed by atoms with Gasteiger partial charge in [0.05, 0.1) is 22.5 Å². The normalized spacial score (nSPS) is 16.1. The number of halogens is 1. The number of hydrogen-bond donors (Lipinski definition) is 1. The largest absolute Gasteiger partial charge is 0.340 e. The molecule has 1 amide bonds. The molecule has 1 aliphatic heterocycles. The quantitative estimate of drug-likeness (QED) is 0.651. The van der Waals surface area contributed by atoms with E-state index < -0.39 is 10.0 Å². The number of amides is 1. The molecule has 3 aromatic rings. The van der Waals surface area contributed by atoms with Crippen LogP contribution >= 0.6 is 11.6 Å². The van der Waals surface area contributed by atoms with E-state index in [4.69, 9.17) is 11.6 Å². The molecule has 1 aromatic heterocycles. The fourth-order valence-corrected chi connectivity index (χ4v) is 5.39. The van der Waals surface area contributed by atoms with Crippen molar-refractivity contribution in [3.05, 3.63) is 59.4 Å². The van der Waals surface area contributed by atoms with Crippen molar-refractivity contribution in [2.45, 2.75) is 24.3 Å². The summed E-state index contributed by atoms with van der Waals surface area (Å²) in [5.41, 5.74) is 1.81. The highest BCUT2D eigenvalue weighted by Gasteiger charge is 2.33. The maximum Gasteiger partial charge on any atom is 0.243 e. The van der Waals surface area contributed by atoms with Crippen molar-refractivity contribution in [2.75, 3.05) is 20.1 Å². The molecule has 158 valence electrons. The summed E-state index contributed by atoms with van der Waals surface area (Å²) < 4.78 is 27.1. The third kappa shape index (κ3) is 4.21. The number of para-hydroxylation sites is 2. The third-order valence-corrected chi connectivity index (χ3v) is 7.62. The maximum atomic E-state index is 12.9. The van der Waals surface area contributed by atoms with Crippen LogP contribution in [-0.2, 0) is 21.4 Å². The topological polar surface area (TPSA) is 86.4 Å². The first-order chi connectivity index (χ1) is 14.3. The number of hydrogen-bond acceptors (Lipinski definition) is 4. The number of nitrogens with zero attached hydrogens (tertiary/aromatic N) is 3. The lowest BCUT2D eigenvalue weighted by Gasteiger charge is -2.32. The van der Waals surface area contributed by atoms with Crippen LogP contribution in [0.15, 0.2) is 53.4 Å². The van der Waals surface area contributed by atoms with Gasteiger partial charge in [-0.1, -0.05) is 23.7 Å². The van der Waals surface area contributed by atoms with Crippen molar-refractivity contribution >= 4 is 38.6 Å². The van der Waals surface area contributed by atoms with Crippen LogP contribution in [0.1, 0.15) is 18.7 Å². The molecule has 0 radical (unpaired) electrons. The van der Waals surface area contributed by atoms with Crippen LogP contribution in [0, 0.1) is 5.92 Å². The SMILES string of the molecule is CN(Cc1nc2ccccc2[nH]1)C(=O)C1CCN(S(=O)(=O)c2ccc(Cl)cc2)CC1. The van der Waals surface area contributed by atoms with Crippen LogP contribution in [0.5, 0.6) is 0 Å². The van der Waals surface area contributed by atoms with Crippen molar-refractivity contribution in [3.63, 3.8) is 0 Å². The highest BCUT2D eigenvalue weighted by molar-refractivity contribution is 7.89. The number of nitrogens with one attached hydrogen (secondary N) is 1. The Balaban J connectivity index is 1.37. The van der Waals surface area contributed by atoms with E-state index in [0.29, 0.717) is 37.5 Å². The van der Waals surface area contributed by atoms with E-state index in [0.717, 1.165) is 16.9 Å². The van der Waals surface area contributed by atoms with Crippen LogP contribution in [-0.4, -0.2) is 53.6 Å². The zero-order valence-corrected chi connectivity index (χ0v) is 18.2. The molecule has 7 nitrogen and oxygen atoms in total. The number of sulfonamides is 1. The maximum absolute atomic E-state index is 12.9. The molecule has 0 unspecified atom stereocenters. The van der Waals surface area contributed by atoms with Crippen molar-refractivity contribution < 1.29 is 13.2 Å². The molecule has 4 rings (SSSR count). The molecule has 1 saturated heterocycles. The summed E-state index contributed by atoms with van der Waals surface area (Å²) in [7, 11) is -1.82. The molecule has 30 heavy (non-hydrogen) atoms. The molecule has 0 saturated carbocycles. The van der Waals surface area contributed by atoms with Gasteiger partial charge in [0.25, 0.3) is 0 Å². The number of imidazole rings is 1. The van der Waals surface area contributed by atoms with Gasteiger partial charge >= 0.3 is 0 Å². The number of piperidine rings is 1. The molecule has 1 N–H and O–H groups in total. The van der Waals surface area contributed by atoms with Crippen molar-refractivity contribution in [1.29, 1.82) is 0 Å². The van der Waals surface area contributed by atoms with Gasteiger partial charge in [-0.25, -0.2) is 13.4 Å². The van der Waals surface area contributed by atoms with Crippen molar-refractivity contribution in [2.24, 2.45) is 5.92 Å². The molecule has 1 aliphatic rings. The second kappa shape index (κ2) is 8.37. The Hall–Kier alpha value is -2.42. The molecule has 0 spiro atoms. The minimum atomic E-state index is -3.58. The number of carbonyl (C=O) groups excluding carboxylic acids is 1. The van der Waals surface area contributed by atoms with E-state index in [-0.39, 0.29) is 16.7 Å². The van der Waals surface area contributed by atoms with Crippen LogP contribution in [0.3, 0.4) is 0 Å². The number of H-pyrrole nitrogens is 1. The van der Waals surface area contributed by atoms with E-state index in [9.17, 15) is 13.2 Å². The summed E-state index contributed by atoms with van der Waals surface area (Å²) in [6, 6.07) is 13.9. The lowest BCUT2D eigenvalue weighted by molar-refractivity contribution is -0.136. The molecular weight excluding hydrogens is 424 g/mol. The predicted molar refractivity (Wildman–Crippen MR) is 116 cm³/mol. The van der Waals surface area contributed by atoms with Crippen LogP contribution < -0.4 is 0 Å². The van der Waals surface area contributed by atoms with Gasteiger partial charge in [0.2, 0.25) is 15.9 Å². The highest BCUT2D eigenvalue weighted by atomic mass is 35.5. The summed E-state index contributed by atoms with van der Waals surface area (Å²) in [4.78, 5) is 22.5. The minimum absolute atomic E-state index is 0.0130. The zero-order valence-electron chi connectivity index (χ0n) is 16.6. The van der Waals surface area contributed by atoms with E-state index in [2.05, 4.69) is 9.97 Å². The number of rotatable bonds is 5. The summed E-state index contributed by atoms with van der Waals surface area (Å²) in [5.74, 6) is 0.546. The smallest absolute Gasteiger partial charge is 0.243 e. The molecule has 2 aromatic carbocycles. The fraction of sp³-hybridized carbons (Fsp3) is 0.333. The first-order valence-electron chi connectivity index (χ1n) is 9.79. The van der Waals surface area contributed by atoms with Gasteiger partial charge < -0.3 is 9.88 Å². The number of fused-ring (bicyclic) bond motifs is 1. The lowest BCUT2D eigenvalue weighted by atomic mass is 9.97. The van der Waals surface area contributed by atoms with Gasteiger partial charge in [-0.05, 0) is 49.2 Å². The Labute approximate surface area is 180 Å². The molecule has 0 atom stereocenters. The Morgan fingerprint density at radius 3 is 2.50 bits per heavy atom. The van der Waals surface area contributed by atoms with Crippen LogP contribution in [0.4, 0.5) is 0 Å². The van der Waals surface area contributed by atoms with Crippen LogP contribution in [0.2, 0.25) is 5.02 Å². The summed E-state index contributed by atoms with van der Waals surface area (Å²) >= 11 is 5.85. The Kier molecular flexibility index (Phi) is 5.81. The number of aromatic amines is 1. The standard InChI is InChI=1S/C21H23ClN4O3S/c1-25(14-20-23-18-4-2-3-5-19(18)24-20)21(27)15-10-12-26(13-11-15)30(28,29)17-8-6-16(22)7-9-17/h2-9,15H,10-14H2,1H3,(H,23,24). The molecular formula is C21H23ClN4O3S. The number of carbonyl (C=O) groups is 1. The molecule has 1 fully saturated rings. The number of aromatic nitrogens is 2. The van der Waals surface area contributed by atoms with E-state index >= 15 is 0 Å². The van der Waals surface area contributed by atoms with E-state index in [1.807, 2.05) is 24.3 Å². The molecule has 9 heteroatoms. The summed E-state index contributed by atoms with van der Waals surface area (Å²) in [6.45, 7) is 1.02. The Morgan fingerprint density at radius 2 is 1.83 bits per heavy atom. The Morgan fingerprint density at radius 1 is 1.17 bits per heavy atom. The van der Waals surface area contributed by atoms with Gasteiger partial charge in [-0.2, -0.15) is 4.31 Å². The first-order valence-corrected chi connectivity index (χ1v) is 11.6. The van der Waals surface area contributed by atoms with Gasteiger partial charge in [0.15, 0.2) is 0 Å². The van der Waals surface area contributed by atoms with Crippen molar-refractivity contribution in [1.82, 2.24) is 19.2 Å². The average Bonchev–Trinajstić information content (AvgIpc) is 3.16. The van der Waals surface area contributed by atoms with Gasteiger partial charge in [0.1, 0.15) is 5.82 Å².